The minimum absolute atomic E-state index is 0.0305. The topological polar surface area (TPSA) is 54.4 Å². The Kier molecular flexibility index (Phi) is 3.15. The summed E-state index contributed by atoms with van der Waals surface area (Å²) >= 11 is 0. The number of carbonyl (C=O) groups excluding carboxylic acids is 2. The van der Waals surface area contributed by atoms with Gasteiger partial charge in [0.15, 0.2) is 11.6 Å². The molecule has 0 aliphatic heterocycles. The number of carbonyl (C=O) groups is 2. The van der Waals surface area contributed by atoms with Gasteiger partial charge in [-0.1, -0.05) is 13.8 Å². The SMILES string of the molecule is CC12CCC3C(CCC4CC(=O)C(=O)CC43C)C1CCC2O. The van der Waals surface area contributed by atoms with Gasteiger partial charge in [-0.2, -0.15) is 0 Å². The molecule has 1 N–H and O–H groups in total. The molecule has 4 aliphatic carbocycles. The minimum Gasteiger partial charge on any atom is -0.393 e. The van der Waals surface area contributed by atoms with E-state index in [4.69, 9.17) is 0 Å². The second-order valence-electron chi connectivity index (χ2n) is 9.02. The van der Waals surface area contributed by atoms with E-state index in [0.717, 1.165) is 32.1 Å². The summed E-state index contributed by atoms with van der Waals surface area (Å²) in [6, 6.07) is 0. The smallest absolute Gasteiger partial charge is 0.198 e. The molecule has 4 aliphatic rings. The number of fused-ring (bicyclic) bond motifs is 5. The van der Waals surface area contributed by atoms with Crippen LogP contribution in [0.3, 0.4) is 0 Å². The number of aliphatic hydroxyl groups is 1. The number of Topliss-reactive ketones (excluding diaryl/α,β-unsaturated/α-hetero) is 2. The van der Waals surface area contributed by atoms with Gasteiger partial charge in [0.25, 0.3) is 0 Å². The maximum absolute atomic E-state index is 12.1. The molecular formula is C19H28O3. The van der Waals surface area contributed by atoms with Crippen LogP contribution in [0.5, 0.6) is 0 Å². The van der Waals surface area contributed by atoms with Crippen molar-refractivity contribution in [2.24, 2.45) is 34.5 Å². The summed E-state index contributed by atoms with van der Waals surface area (Å²) in [4.78, 5) is 23.9. The summed E-state index contributed by atoms with van der Waals surface area (Å²) in [5.74, 6) is 2.00. The van der Waals surface area contributed by atoms with E-state index in [9.17, 15) is 14.7 Å². The Morgan fingerprint density at radius 2 is 1.64 bits per heavy atom. The van der Waals surface area contributed by atoms with Crippen LogP contribution in [0.15, 0.2) is 0 Å². The van der Waals surface area contributed by atoms with Gasteiger partial charge in [-0.25, -0.2) is 0 Å². The lowest BCUT2D eigenvalue weighted by Crippen LogP contribution is -2.55. The van der Waals surface area contributed by atoms with E-state index in [1.807, 2.05) is 0 Å². The van der Waals surface area contributed by atoms with Crippen molar-refractivity contribution in [3.8, 4) is 0 Å². The molecule has 0 spiro atoms. The van der Waals surface area contributed by atoms with Crippen molar-refractivity contribution in [3.63, 3.8) is 0 Å². The average Bonchev–Trinajstić information content (AvgIpc) is 2.77. The van der Waals surface area contributed by atoms with Crippen LogP contribution in [-0.2, 0) is 9.59 Å². The van der Waals surface area contributed by atoms with Crippen molar-refractivity contribution < 1.29 is 14.7 Å². The van der Waals surface area contributed by atoms with Crippen LogP contribution in [-0.4, -0.2) is 22.8 Å². The first kappa shape index (κ1) is 14.9. The van der Waals surface area contributed by atoms with Crippen molar-refractivity contribution in [2.45, 2.75) is 71.3 Å². The molecule has 4 saturated carbocycles. The van der Waals surface area contributed by atoms with Crippen LogP contribution in [0.4, 0.5) is 0 Å². The molecule has 4 rings (SSSR count). The monoisotopic (exact) mass is 304 g/mol. The third-order valence-electron chi connectivity index (χ3n) is 8.30. The van der Waals surface area contributed by atoms with Gasteiger partial charge >= 0.3 is 0 Å². The summed E-state index contributed by atoms with van der Waals surface area (Å²) in [6.45, 7) is 4.57. The quantitative estimate of drug-likeness (QED) is 0.700. The zero-order valence-electron chi connectivity index (χ0n) is 13.8. The van der Waals surface area contributed by atoms with Gasteiger partial charge in [0.2, 0.25) is 0 Å². The van der Waals surface area contributed by atoms with Gasteiger partial charge in [0.05, 0.1) is 6.10 Å². The second-order valence-corrected chi connectivity index (χ2v) is 9.02. The van der Waals surface area contributed by atoms with E-state index >= 15 is 0 Å². The highest BCUT2D eigenvalue weighted by atomic mass is 16.3. The van der Waals surface area contributed by atoms with Crippen molar-refractivity contribution in [2.75, 3.05) is 0 Å². The van der Waals surface area contributed by atoms with Crippen LogP contribution in [0.1, 0.15) is 65.2 Å². The Morgan fingerprint density at radius 1 is 0.909 bits per heavy atom. The maximum atomic E-state index is 12.1. The predicted octanol–water partition coefficient (Wildman–Crippen LogP) is 3.14. The average molecular weight is 304 g/mol. The summed E-state index contributed by atoms with van der Waals surface area (Å²) in [5.41, 5.74) is 0.127. The normalized spacial score (nSPS) is 54.6. The number of hydrogen-bond donors (Lipinski definition) is 1. The molecule has 0 radical (unpaired) electrons. The van der Waals surface area contributed by atoms with Gasteiger partial charge in [-0.15, -0.1) is 0 Å². The minimum atomic E-state index is -0.140. The molecule has 122 valence electrons. The summed E-state index contributed by atoms with van der Waals surface area (Å²) < 4.78 is 0. The van der Waals surface area contributed by atoms with Gasteiger partial charge in [0, 0.05) is 12.8 Å². The van der Waals surface area contributed by atoms with Crippen molar-refractivity contribution in [1.29, 1.82) is 0 Å². The largest absolute Gasteiger partial charge is 0.393 e. The van der Waals surface area contributed by atoms with Gasteiger partial charge in [0.1, 0.15) is 0 Å². The molecule has 4 fully saturated rings. The fourth-order valence-corrected chi connectivity index (χ4v) is 6.90. The van der Waals surface area contributed by atoms with Crippen LogP contribution >= 0.6 is 0 Å². The number of ketones is 2. The first-order chi connectivity index (χ1) is 10.4. The molecule has 3 heteroatoms. The van der Waals surface area contributed by atoms with E-state index in [1.165, 1.54) is 6.42 Å². The van der Waals surface area contributed by atoms with E-state index in [1.54, 1.807) is 0 Å². The van der Waals surface area contributed by atoms with Crippen LogP contribution in [0.2, 0.25) is 0 Å². The Hall–Kier alpha value is -0.700. The summed E-state index contributed by atoms with van der Waals surface area (Å²) in [6.07, 6.45) is 7.42. The fourth-order valence-electron chi connectivity index (χ4n) is 6.90. The number of aliphatic hydroxyl groups excluding tert-OH is 1. The second kappa shape index (κ2) is 4.66. The molecule has 0 aromatic carbocycles. The number of hydrogen-bond acceptors (Lipinski definition) is 3. The highest BCUT2D eigenvalue weighted by Crippen LogP contribution is 2.65. The van der Waals surface area contributed by atoms with E-state index in [2.05, 4.69) is 13.8 Å². The van der Waals surface area contributed by atoms with E-state index in [0.29, 0.717) is 36.5 Å². The van der Waals surface area contributed by atoms with Crippen molar-refractivity contribution in [1.82, 2.24) is 0 Å². The molecule has 7 unspecified atom stereocenters. The summed E-state index contributed by atoms with van der Waals surface area (Å²) in [5, 5.41) is 10.4. The highest BCUT2D eigenvalue weighted by molar-refractivity contribution is 6.38. The number of rotatable bonds is 0. The molecule has 7 atom stereocenters. The first-order valence-corrected chi connectivity index (χ1v) is 9.10. The summed E-state index contributed by atoms with van der Waals surface area (Å²) in [7, 11) is 0. The highest BCUT2D eigenvalue weighted by Gasteiger charge is 2.60. The van der Waals surface area contributed by atoms with E-state index in [-0.39, 0.29) is 28.5 Å². The van der Waals surface area contributed by atoms with Gasteiger partial charge in [-0.3, -0.25) is 9.59 Å². The third kappa shape index (κ3) is 1.78. The standard InChI is InChI=1S/C19H28O3/c1-18-8-7-14-12(13(18)5-6-17(18)22)4-3-11-9-15(20)16(21)10-19(11,14)2/h11-14,17,22H,3-10H2,1-2H3. The fraction of sp³-hybridized carbons (Fsp3) is 0.895. The van der Waals surface area contributed by atoms with Gasteiger partial charge in [-0.05, 0) is 73.0 Å². The molecule has 0 aromatic rings. The molecule has 0 aromatic heterocycles. The zero-order valence-corrected chi connectivity index (χ0v) is 13.8. The molecule has 0 heterocycles. The Balaban J connectivity index is 1.66. The van der Waals surface area contributed by atoms with Crippen LogP contribution in [0, 0.1) is 34.5 Å². The Labute approximate surface area is 132 Å². The van der Waals surface area contributed by atoms with Gasteiger partial charge < -0.3 is 5.11 Å². The third-order valence-corrected chi connectivity index (χ3v) is 8.30. The predicted molar refractivity (Wildman–Crippen MR) is 83.1 cm³/mol. The zero-order chi connectivity index (χ0) is 15.7. The Morgan fingerprint density at radius 3 is 2.41 bits per heavy atom. The lowest BCUT2D eigenvalue weighted by Gasteiger charge is -2.59. The van der Waals surface area contributed by atoms with Crippen LogP contribution < -0.4 is 0 Å². The van der Waals surface area contributed by atoms with Crippen LogP contribution in [0.25, 0.3) is 0 Å². The molecule has 0 amide bonds. The lowest BCUT2D eigenvalue weighted by molar-refractivity contribution is -0.155. The molecular weight excluding hydrogens is 276 g/mol. The molecule has 0 saturated heterocycles. The molecule has 3 nitrogen and oxygen atoms in total. The molecule has 0 bridgehead atoms. The Bertz CT molecular complexity index is 527. The molecule has 22 heavy (non-hydrogen) atoms. The first-order valence-electron chi connectivity index (χ1n) is 9.10. The van der Waals surface area contributed by atoms with E-state index < -0.39 is 0 Å². The maximum Gasteiger partial charge on any atom is 0.198 e. The van der Waals surface area contributed by atoms with Crippen molar-refractivity contribution in [3.05, 3.63) is 0 Å². The lowest BCUT2D eigenvalue weighted by atomic mass is 9.45. The van der Waals surface area contributed by atoms with Crippen molar-refractivity contribution >= 4 is 11.6 Å².